The first-order valence-corrected chi connectivity index (χ1v) is 6.03. The SMILES string of the molecule is O=C(Nc1cc(F)cc(F)c1)C(=S)NCc1ccco1. The maximum absolute atomic E-state index is 13.0. The summed E-state index contributed by atoms with van der Waals surface area (Å²) in [5.41, 5.74) is -0.00495. The average molecular weight is 296 g/mol. The van der Waals surface area contributed by atoms with Crippen LogP contribution in [0.5, 0.6) is 0 Å². The van der Waals surface area contributed by atoms with E-state index in [-0.39, 0.29) is 17.2 Å². The van der Waals surface area contributed by atoms with Gasteiger partial charge < -0.3 is 15.1 Å². The van der Waals surface area contributed by atoms with Gasteiger partial charge >= 0.3 is 0 Å². The summed E-state index contributed by atoms with van der Waals surface area (Å²) >= 11 is 4.86. The van der Waals surface area contributed by atoms with Gasteiger partial charge in [0.05, 0.1) is 12.8 Å². The fourth-order valence-electron chi connectivity index (χ4n) is 1.47. The number of amides is 1. The molecule has 2 rings (SSSR count). The minimum Gasteiger partial charge on any atom is -0.467 e. The van der Waals surface area contributed by atoms with Crippen LogP contribution in [0.4, 0.5) is 14.5 Å². The lowest BCUT2D eigenvalue weighted by Crippen LogP contribution is -2.33. The predicted octanol–water partition coefficient (Wildman–Crippen LogP) is 2.61. The molecule has 20 heavy (non-hydrogen) atoms. The number of carbonyl (C=O) groups is 1. The van der Waals surface area contributed by atoms with Crippen LogP contribution >= 0.6 is 12.2 Å². The molecule has 104 valence electrons. The van der Waals surface area contributed by atoms with Gasteiger partial charge in [0, 0.05) is 11.8 Å². The summed E-state index contributed by atoms with van der Waals surface area (Å²) in [6.07, 6.45) is 1.50. The molecule has 4 nitrogen and oxygen atoms in total. The molecule has 0 bridgehead atoms. The van der Waals surface area contributed by atoms with Gasteiger partial charge in [0.1, 0.15) is 17.4 Å². The van der Waals surface area contributed by atoms with E-state index in [1.165, 1.54) is 6.26 Å². The Labute approximate surface area is 118 Å². The molecule has 1 amide bonds. The molecule has 0 spiro atoms. The second-order valence-corrected chi connectivity index (χ2v) is 4.28. The smallest absolute Gasteiger partial charge is 0.283 e. The van der Waals surface area contributed by atoms with Crippen LogP contribution < -0.4 is 10.6 Å². The van der Waals surface area contributed by atoms with Gasteiger partial charge in [0.25, 0.3) is 5.91 Å². The van der Waals surface area contributed by atoms with Gasteiger partial charge in [-0.1, -0.05) is 12.2 Å². The quantitative estimate of drug-likeness (QED) is 0.855. The highest BCUT2D eigenvalue weighted by molar-refractivity contribution is 7.82. The fourth-order valence-corrected chi connectivity index (χ4v) is 1.60. The minimum atomic E-state index is -0.783. The number of thiocarbonyl (C=S) groups is 1. The molecule has 1 heterocycles. The van der Waals surface area contributed by atoms with Crippen LogP contribution in [0.1, 0.15) is 5.76 Å². The highest BCUT2D eigenvalue weighted by Gasteiger charge is 2.11. The van der Waals surface area contributed by atoms with Gasteiger partial charge in [-0.3, -0.25) is 4.79 Å². The van der Waals surface area contributed by atoms with Crippen molar-refractivity contribution in [2.75, 3.05) is 5.32 Å². The van der Waals surface area contributed by atoms with E-state index >= 15 is 0 Å². The number of halogens is 2. The van der Waals surface area contributed by atoms with E-state index in [0.29, 0.717) is 11.8 Å². The van der Waals surface area contributed by atoms with Crippen LogP contribution in [-0.4, -0.2) is 10.9 Å². The molecule has 0 unspecified atom stereocenters. The Morgan fingerprint density at radius 3 is 2.55 bits per heavy atom. The molecule has 7 heteroatoms. The molecule has 0 fully saturated rings. The lowest BCUT2D eigenvalue weighted by Gasteiger charge is -2.08. The molecule has 0 aliphatic heterocycles. The molecular weight excluding hydrogens is 286 g/mol. The molecule has 2 aromatic rings. The second-order valence-electron chi connectivity index (χ2n) is 3.87. The van der Waals surface area contributed by atoms with Crippen LogP contribution in [0.15, 0.2) is 41.0 Å². The third-order valence-electron chi connectivity index (χ3n) is 2.33. The van der Waals surface area contributed by atoms with Crippen molar-refractivity contribution in [3.8, 4) is 0 Å². The van der Waals surface area contributed by atoms with Crippen molar-refractivity contribution in [1.82, 2.24) is 5.32 Å². The molecule has 1 aromatic heterocycles. The number of rotatable bonds is 3. The molecular formula is C13H10F2N2O2S. The lowest BCUT2D eigenvalue weighted by molar-refractivity contribution is -0.110. The standard InChI is InChI=1S/C13H10F2N2O2S/c14-8-4-9(15)6-10(5-8)17-12(18)13(20)16-7-11-2-1-3-19-11/h1-6H,7H2,(H,16,20)(H,17,18). The van der Waals surface area contributed by atoms with Crippen LogP contribution in [0, 0.1) is 11.6 Å². The predicted molar refractivity (Wildman–Crippen MR) is 73.1 cm³/mol. The summed E-state index contributed by atoms with van der Waals surface area (Å²) in [6.45, 7) is 0.247. The van der Waals surface area contributed by atoms with Gasteiger partial charge in [-0.15, -0.1) is 0 Å². The van der Waals surface area contributed by atoms with Gasteiger partial charge in [0.2, 0.25) is 0 Å². The Morgan fingerprint density at radius 1 is 1.25 bits per heavy atom. The largest absolute Gasteiger partial charge is 0.467 e. The van der Waals surface area contributed by atoms with E-state index in [1.54, 1.807) is 12.1 Å². The van der Waals surface area contributed by atoms with Crippen molar-refractivity contribution in [3.05, 3.63) is 54.0 Å². The van der Waals surface area contributed by atoms with Crippen molar-refractivity contribution in [3.63, 3.8) is 0 Å². The van der Waals surface area contributed by atoms with E-state index in [9.17, 15) is 13.6 Å². The van der Waals surface area contributed by atoms with Crippen LogP contribution in [-0.2, 0) is 11.3 Å². The maximum atomic E-state index is 13.0. The third-order valence-corrected chi connectivity index (χ3v) is 2.66. The normalized spacial score (nSPS) is 10.1. The molecule has 1 aromatic carbocycles. The molecule has 2 N–H and O–H groups in total. The first kappa shape index (κ1) is 14.1. The third kappa shape index (κ3) is 3.86. The Bertz CT molecular complexity index is 609. The Kier molecular flexibility index (Phi) is 4.41. The zero-order valence-corrected chi connectivity index (χ0v) is 11.0. The van der Waals surface area contributed by atoms with Crippen LogP contribution in [0.3, 0.4) is 0 Å². The topological polar surface area (TPSA) is 54.3 Å². The van der Waals surface area contributed by atoms with E-state index in [0.717, 1.165) is 12.1 Å². The minimum absolute atomic E-state index is 0.00495. The summed E-state index contributed by atoms with van der Waals surface area (Å²) in [5, 5.41) is 4.97. The number of hydrogen-bond acceptors (Lipinski definition) is 3. The highest BCUT2D eigenvalue weighted by Crippen LogP contribution is 2.12. The molecule has 0 aliphatic carbocycles. The second kappa shape index (κ2) is 6.25. The fraction of sp³-hybridized carbons (Fsp3) is 0.0769. The van der Waals surface area contributed by atoms with Gasteiger partial charge in [0.15, 0.2) is 4.99 Å². The summed E-state index contributed by atoms with van der Waals surface area (Å²) in [4.78, 5) is 11.6. The summed E-state index contributed by atoms with van der Waals surface area (Å²) in [6, 6.07) is 6.13. The Hall–Kier alpha value is -2.28. The van der Waals surface area contributed by atoms with Gasteiger partial charge in [-0.25, -0.2) is 8.78 Å². The Morgan fingerprint density at radius 2 is 1.95 bits per heavy atom. The first-order valence-electron chi connectivity index (χ1n) is 5.62. The summed E-state index contributed by atoms with van der Waals surface area (Å²) in [5.74, 6) is -1.61. The molecule has 0 atom stereocenters. The molecule has 0 aliphatic rings. The molecule has 0 radical (unpaired) electrons. The van der Waals surface area contributed by atoms with Crippen LogP contribution in [0.2, 0.25) is 0 Å². The van der Waals surface area contributed by atoms with Crippen LogP contribution in [0.25, 0.3) is 0 Å². The summed E-state index contributed by atoms with van der Waals surface area (Å²) in [7, 11) is 0. The Balaban J connectivity index is 1.92. The number of nitrogens with one attached hydrogen (secondary N) is 2. The van der Waals surface area contributed by atoms with E-state index in [1.807, 2.05) is 0 Å². The highest BCUT2D eigenvalue weighted by atomic mass is 32.1. The number of hydrogen-bond donors (Lipinski definition) is 2. The van der Waals surface area contributed by atoms with Crippen molar-refractivity contribution in [1.29, 1.82) is 0 Å². The lowest BCUT2D eigenvalue weighted by atomic mass is 10.3. The first-order chi connectivity index (χ1) is 9.54. The van der Waals surface area contributed by atoms with Crippen molar-refractivity contribution < 1.29 is 18.0 Å². The summed E-state index contributed by atoms with van der Waals surface area (Å²) < 4.78 is 31.0. The average Bonchev–Trinajstić information content (AvgIpc) is 2.87. The molecule has 0 saturated carbocycles. The monoisotopic (exact) mass is 296 g/mol. The van der Waals surface area contributed by atoms with Gasteiger partial charge in [-0.05, 0) is 24.3 Å². The number of furan rings is 1. The zero-order chi connectivity index (χ0) is 14.5. The number of carbonyl (C=O) groups excluding carboxylic acids is 1. The maximum Gasteiger partial charge on any atom is 0.283 e. The number of anilines is 1. The van der Waals surface area contributed by atoms with Crippen molar-refractivity contribution in [2.45, 2.75) is 6.54 Å². The molecule has 0 saturated heterocycles. The van der Waals surface area contributed by atoms with Crippen molar-refractivity contribution >= 4 is 28.8 Å². The van der Waals surface area contributed by atoms with E-state index in [2.05, 4.69) is 10.6 Å². The zero-order valence-electron chi connectivity index (χ0n) is 10.2. The number of benzene rings is 1. The van der Waals surface area contributed by atoms with Gasteiger partial charge in [-0.2, -0.15) is 0 Å². The van der Waals surface area contributed by atoms with E-state index < -0.39 is 17.5 Å². The van der Waals surface area contributed by atoms with E-state index in [4.69, 9.17) is 16.6 Å². The van der Waals surface area contributed by atoms with Crippen molar-refractivity contribution in [2.24, 2.45) is 0 Å².